The first-order chi connectivity index (χ1) is 14.1. The Morgan fingerprint density at radius 3 is 2.90 bits per heavy atom. The molecule has 0 saturated carbocycles. The molecule has 0 bridgehead atoms. The molecule has 2 saturated heterocycles. The average molecular weight is 401 g/mol. The summed E-state index contributed by atoms with van der Waals surface area (Å²) in [4.78, 5) is 30.8. The van der Waals surface area contributed by atoms with Gasteiger partial charge in [0.2, 0.25) is 11.8 Å². The number of fused-ring (bicyclic) bond motifs is 1. The SMILES string of the molecule is O=C(C[C@@H]1COC[C@H]2CN(C(=O)Cc3ccc(F)cn3)C[C@@H]12)NCc1ccco1. The first-order valence-corrected chi connectivity index (χ1v) is 9.83. The number of amides is 2. The molecule has 7 nitrogen and oxygen atoms in total. The van der Waals surface area contributed by atoms with Crippen LogP contribution in [0.3, 0.4) is 0 Å². The van der Waals surface area contributed by atoms with Gasteiger partial charge in [-0.25, -0.2) is 4.39 Å². The Labute approximate surface area is 168 Å². The van der Waals surface area contributed by atoms with E-state index in [1.807, 2.05) is 11.0 Å². The number of hydrogen-bond acceptors (Lipinski definition) is 5. The second kappa shape index (κ2) is 8.73. The normalized spacial score (nSPS) is 23.6. The van der Waals surface area contributed by atoms with Gasteiger partial charge in [0.1, 0.15) is 11.6 Å². The van der Waals surface area contributed by atoms with Gasteiger partial charge < -0.3 is 19.4 Å². The fraction of sp³-hybridized carbons (Fsp3) is 0.476. The largest absolute Gasteiger partial charge is 0.467 e. The number of ether oxygens (including phenoxy) is 1. The number of likely N-dealkylation sites (tertiary alicyclic amines) is 1. The minimum absolute atomic E-state index is 0.0282. The second-order valence-corrected chi connectivity index (χ2v) is 7.72. The van der Waals surface area contributed by atoms with E-state index in [9.17, 15) is 14.0 Å². The molecular weight excluding hydrogens is 377 g/mol. The molecule has 0 spiro atoms. The van der Waals surface area contributed by atoms with Crippen molar-refractivity contribution in [3.05, 3.63) is 54.0 Å². The van der Waals surface area contributed by atoms with Crippen molar-refractivity contribution in [1.82, 2.24) is 15.2 Å². The summed E-state index contributed by atoms with van der Waals surface area (Å²) in [5.74, 6) is 0.768. The first kappa shape index (κ1) is 19.6. The molecule has 29 heavy (non-hydrogen) atoms. The summed E-state index contributed by atoms with van der Waals surface area (Å²) in [6.45, 7) is 2.73. The van der Waals surface area contributed by atoms with Gasteiger partial charge in [0.25, 0.3) is 0 Å². The molecule has 2 amide bonds. The van der Waals surface area contributed by atoms with Crippen LogP contribution in [0.1, 0.15) is 17.9 Å². The zero-order valence-electron chi connectivity index (χ0n) is 16.1. The van der Waals surface area contributed by atoms with Crippen molar-refractivity contribution in [2.24, 2.45) is 17.8 Å². The quantitative estimate of drug-likeness (QED) is 0.798. The van der Waals surface area contributed by atoms with Gasteiger partial charge in [0.05, 0.1) is 38.6 Å². The summed E-state index contributed by atoms with van der Waals surface area (Å²) in [6, 6.07) is 6.44. The lowest BCUT2D eigenvalue weighted by Gasteiger charge is -2.32. The third-order valence-corrected chi connectivity index (χ3v) is 5.72. The lowest BCUT2D eigenvalue weighted by atomic mass is 9.81. The van der Waals surface area contributed by atoms with Crippen molar-refractivity contribution in [3.63, 3.8) is 0 Å². The van der Waals surface area contributed by atoms with E-state index < -0.39 is 5.82 Å². The highest BCUT2D eigenvalue weighted by atomic mass is 19.1. The summed E-state index contributed by atoms with van der Waals surface area (Å²) in [6.07, 6.45) is 3.21. The van der Waals surface area contributed by atoms with Gasteiger partial charge in [0.15, 0.2) is 0 Å². The number of hydrogen-bond donors (Lipinski definition) is 1. The number of rotatable bonds is 6. The Morgan fingerprint density at radius 2 is 2.14 bits per heavy atom. The standard InChI is InChI=1S/C21H24FN3O4/c22-16-3-4-17(23-8-16)7-21(27)25-10-15-13-28-12-14(19(15)11-25)6-20(26)24-9-18-2-1-5-29-18/h1-5,8,14-15,19H,6-7,9-13H2,(H,24,26)/t14-,15-,19+/m1/s1. The van der Waals surface area contributed by atoms with Gasteiger partial charge in [-0.3, -0.25) is 14.6 Å². The molecule has 2 aliphatic heterocycles. The number of aromatic nitrogens is 1. The maximum Gasteiger partial charge on any atom is 0.228 e. The summed E-state index contributed by atoms with van der Waals surface area (Å²) in [5, 5.41) is 2.88. The van der Waals surface area contributed by atoms with Crippen molar-refractivity contribution < 1.29 is 23.1 Å². The summed E-state index contributed by atoms with van der Waals surface area (Å²) in [7, 11) is 0. The van der Waals surface area contributed by atoms with E-state index in [-0.39, 0.29) is 36.0 Å². The minimum atomic E-state index is -0.418. The smallest absolute Gasteiger partial charge is 0.228 e. The van der Waals surface area contributed by atoms with Crippen LogP contribution in [0.2, 0.25) is 0 Å². The monoisotopic (exact) mass is 401 g/mol. The molecule has 2 aromatic rings. The molecule has 0 aromatic carbocycles. The van der Waals surface area contributed by atoms with E-state index in [1.165, 1.54) is 12.1 Å². The molecule has 2 aromatic heterocycles. The zero-order chi connectivity index (χ0) is 20.2. The highest BCUT2D eigenvalue weighted by Gasteiger charge is 2.42. The van der Waals surface area contributed by atoms with Crippen LogP contribution < -0.4 is 5.32 Å². The van der Waals surface area contributed by atoms with E-state index in [4.69, 9.17) is 9.15 Å². The molecule has 3 atom stereocenters. The average Bonchev–Trinajstić information content (AvgIpc) is 3.38. The van der Waals surface area contributed by atoms with Crippen LogP contribution in [-0.4, -0.2) is 48.0 Å². The van der Waals surface area contributed by atoms with Crippen LogP contribution in [0.15, 0.2) is 41.1 Å². The van der Waals surface area contributed by atoms with Gasteiger partial charge in [-0.05, 0) is 36.1 Å². The number of carbonyl (C=O) groups is 2. The molecule has 0 unspecified atom stereocenters. The van der Waals surface area contributed by atoms with Gasteiger partial charge >= 0.3 is 0 Å². The highest BCUT2D eigenvalue weighted by molar-refractivity contribution is 5.79. The van der Waals surface area contributed by atoms with Crippen LogP contribution in [0, 0.1) is 23.6 Å². The Hall–Kier alpha value is -2.74. The van der Waals surface area contributed by atoms with Gasteiger partial charge in [-0.1, -0.05) is 0 Å². The van der Waals surface area contributed by atoms with Crippen LogP contribution in [0.4, 0.5) is 4.39 Å². The second-order valence-electron chi connectivity index (χ2n) is 7.72. The number of furan rings is 1. The van der Waals surface area contributed by atoms with E-state index in [0.29, 0.717) is 50.7 Å². The predicted octanol–water partition coefficient (Wildman–Crippen LogP) is 1.78. The van der Waals surface area contributed by atoms with Gasteiger partial charge in [-0.2, -0.15) is 0 Å². The van der Waals surface area contributed by atoms with Crippen molar-refractivity contribution >= 4 is 11.8 Å². The van der Waals surface area contributed by atoms with Gasteiger partial charge in [-0.15, -0.1) is 0 Å². The maximum absolute atomic E-state index is 13.0. The molecule has 0 aliphatic carbocycles. The van der Waals surface area contributed by atoms with Crippen molar-refractivity contribution in [2.45, 2.75) is 19.4 Å². The number of pyridine rings is 1. The van der Waals surface area contributed by atoms with E-state index in [0.717, 1.165) is 6.20 Å². The Morgan fingerprint density at radius 1 is 1.24 bits per heavy atom. The predicted molar refractivity (Wildman–Crippen MR) is 101 cm³/mol. The number of nitrogens with zero attached hydrogens (tertiary/aromatic N) is 2. The minimum Gasteiger partial charge on any atom is -0.467 e. The molecular formula is C21H24FN3O4. The topological polar surface area (TPSA) is 84.7 Å². The number of nitrogens with one attached hydrogen (secondary N) is 1. The third-order valence-electron chi connectivity index (χ3n) is 5.72. The molecule has 2 fully saturated rings. The Bertz CT molecular complexity index is 840. The van der Waals surface area contributed by atoms with Crippen molar-refractivity contribution in [2.75, 3.05) is 26.3 Å². The number of halogens is 1. The van der Waals surface area contributed by atoms with E-state index >= 15 is 0 Å². The fourth-order valence-electron chi connectivity index (χ4n) is 4.20. The fourth-order valence-corrected chi connectivity index (χ4v) is 4.20. The van der Waals surface area contributed by atoms with Crippen LogP contribution in [-0.2, 0) is 27.3 Å². The first-order valence-electron chi connectivity index (χ1n) is 9.83. The van der Waals surface area contributed by atoms with E-state index in [2.05, 4.69) is 10.3 Å². The van der Waals surface area contributed by atoms with Crippen LogP contribution in [0.25, 0.3) is 0 Å². The van der Waals surface area contributed by atoms with Crippen molar-refractivity contribution in [1.29, 1.82) is 0 Å². The number of carbonyl (C=O) groups excluding carboxylic acids is 2. The highest BCUT2D eigenvalue weighted by Crippen LogP contribution is 2.36. The Kier molecular flexibility index (Phi) is 5.89. The molecule has 4 heterocycles. The van der Waals surface area contributed by atoms with E-state index in [1.54, 1.807) is 12.3 Å². The molecule has 0 radical (unpaired) electrons. The summed E-state index contributed by atoms with van der Waals surface area (Å²) >= 11 is 0. The third kappa shape index (κ3) is 4.82. The maximum atomic E-state index is 13.0. The zero-order valence-corrected chi connectivity index (χ0v) is 16.1. The summed E-state index contributed by atoms with van der Waals surface area (Å²) in [5.41, 5.74) is 0.552. The lowest BCUT2D eigenvalue weighted by molar-refractivity contribution is -0.129. The van der Waals surface area contributed by atoms with Gasteiger partial charge in [0, 0.05) is 31.1 Å². The summed E-state index contributed by atoms with van der Waals surface area (Å²) < 4.78 is 23.9. The Balaban J connectivity index is 1.31. The lowest BCUT2D eigenvalue weighted by Crippen LogP contribution is -2.38. The van der Waals surface area contributed by atoms with Crippen LogP contribution >= 0.6 is 0 Å². The van der Waals surface area contributed by atoms with Crippen molar-refractivity contribution in [3.8, 4) is 0 Å². The molecule has 4 rings (SSSR count). The molecule has 8 heteroatoms. The van der Waals surface area contributed by atoms with Crippen LogP contribution in [0.5, 0.6) is 0 Å². The molecule has 154 valence electrons. The molecule has 1 N–H and O–H groups in total. The molecule has 2 aliphatic rings.